The summed E-state index contributed by atoms with van der Waals surface area (Å²) >= 11 is 0. The van der Waals surface area contributed by atoms with Gasteiger partial charge in [0.2, 0.25) is 0 Å². The van der Waals surface area contributed by atoms with Gasteiger partial charge in [-0.2, -0.15) is 0 Å². The second kappa shape index (κ2) is 19.9. The van der Waals surface area contributed by atoms with Gasteiger partial charge in [0.05, 0.1) is 0 Å². The van der Waals surface area contributed by atoms with Crippen molar-refractivity contribution >= 4 is 5.97 Å². The van der Waals surface area contributed by atoms with Crippen LogP contribution in [0.3, 0.4) is 0 Å². The normalized spacial score (nSPS) is 12.8. The molecule has 0 heterocycles. The quantitative estimate of drug-likeness (QED) is 0.138. The van der Waals surface area contributed by atoms with Crippen molar-refractivity contribution < 1.29 is 9.53 Å². The highest BCUT2D eigenvalue weighted by Crippen LogP contribution is 2.11. The second-order valence-electron chi connectivity index (χ2n) is 8.23. The van der Waals surface area contributed by atoms with Crippen LogP contribution in [0.4, 0.5) is 0 Å². The van der Waals surface area contributed by atoms with Crippen LogP contribution in [0.1, 0.15) is 110 Å². The lowest BCUT2D eigenvalue weighted by molar-refractivity contribution is -0.148. The van der Waals surface area contributed by atoms with E-state index in [1.165, 1.54) is 70.6 Å². The van der Waals surface area contributed by atoms with Gasteiger partial charge in [0, 0.05) is 13.0 Å². The Balaban J connectivity index is 3.32. The second-order valence-corrected chi connectivity index (χ2v) is 8.23. The molecule has 1 atom stereocenters. The van der Waals surface area contributed by atoms with Gasteiger partial charge in [0.25, 0.3) is 0 Å². The first kappa shape index (κ1) is 26.2. The molecule has 0 N–H and O–H groups in total. The number of rotatable bonds is 19. The predicted molar refractivity (Wildman–Crippen MR) is 118 cm³/mol. The third-order valence-corrected chi connectivity index (χ3v) is 4.96. The first-order valence-corrected chi connectivity index (χ1v) is 11.6. The molecule has 160 valence electrons. The molecule has 0 aromatic carbocycles. The number of hydrogen-bond donors (Lipinski definition) is 0. The van der Waals surface area contributed by atoms with Gasteiger partial charge in [-0.3, -0.25) is 4.79 Å². The van der Waals surface area contributed by atoms with Gasteiger partial charge in [-0.25, -0.2) is 0 Å². The zero-order chi connectivity index (χ0) is 20.2. The molecule has 3 heteroatoms. The minimum absolute atomic E-state index is 0.0288. The van der Waals surface area contributed by atoms with Crippen molar-refractivity contribution in [2.45, 2.75) is 116 Å². The zero-order valence-electron chi connectivity index (χ0n) is 18.8. The Morgan fingerprint density at radius 3 is 1.93 bits per heavy atom. The van der Waals surface area contributed by atoms with Crippen molar-refractivity contribution in [3.63, 3.8) is 0 Å². The molecule has 0 aliphatic rings. The summed E-state index contributed by atoms with van der Waals surface area (Å²) in [4.78, 5) is 13.9. The van der Waals surface area contributed by atoms with E-state index in [0.717, 1.165) is 25.8 Å². The van der Waals surface area contributed by atoms with Crippen LogP contribution < -0.4 is 0 Å². The molecule has 1 unspecified atom stereocenters. The summed E-state index contributed by atoms with van der Waals surface area (Å²) in [5.41, 5.74) is 0. The first-order valence-electron chi connectivity index (χ1n) is 11.6. The van der Waals surface area contributed by atoms with E-state index in [2.05, 4.69) is 24.0 Å². The minimum Gasteiger partial charge on any atom is -0.463 e. The van der Waals surface area contributed by atoms with Crippen LogP contribution in [0.5, 0.6) is 0 Å². The summed E-state index contributed by atoms with van der Waals surface area (Å²) in [6, 6.07) is 0. The van der Waals surface area contributed by atoms with Crippen LogP contribution in [-0.2, 0) is 9.53 Å². The van der Waals surface area contributed by atoms with Gasteiger partial charge in [-0.1, -0.05) is 70.4 Å². The Morgan fingerprint density at radius 1 is 0.852 bits per heavy atom. The van der Waals surface area contributed by atoms with Crippen molar-refractivity contribution in [1.29, 1.82) is 0 Å². The lowest BCUT2D eigenvalue weighted by Gasteiger charge is -2.16. The summed E-state index contributed by atoms with van der Waals surface area (Å²) < 4.78 is 5.45. The fourth-order valence-electron chi connectivity index (χ4n) is 3.12. The maximum Gasteiger partial charge on any atom is 0.306 e. The largest absolute Gasteiger partial charge is 0.463 e. The standard InChI is InChI=1S/C24H47NO2/c1-5-6-7-8-9-10-11-12-13-14-15-16-17-18-19-20-24(26)27-23(2)21-22-25(3)4/h12-13,23H,5-11,14-22H2,1-4H3/b13-12-. The van der Waals surface area contributed by atoms with Gasteiger partial charge in [-0.15, -0.1) is 0 Å². The molecule has 0 fully saturated rings. The number of allylic oxidation sites excluding steroid dienone is 2. The third-order valence-electron chi connectivity index (χ3n) is 4.96. The van der Waals surface area contributed by atoms with Gasteiger partial charge < -0.3 is 9.64 Å². The monoisotopic (exact) mass is 381 g/mol. The Kier molecular flexibility index (Phi) is 19.3. The van der Waals surface area contributed by atoms with E-state index in [0.29, 0.717) is 6.42 Å². The molecule has 0 aliphatic carbocycles. The Labute approximate surface area is 169 Å². The molecule has 0 aromatic heterocycles. The van der Waals surface area contributed by atoms with Gasteiger partial charge in [-0.05, 0) is 59.5 Å². The molecule has 0 radical (unpaired) electrons. The number of ether oxygens (including phenoxy) is 1. The molecule has 0 aromatic rings. The minimum atomic E-state index is -0.0288. The van der Waals surface area contributed by atoms with E-state index in [1.54, 1.807) is 0 Å². The van der Waals surface area contributed by atoms with Gasteiger partial charge in [0.15, 0.2) is 0 Å². The van der Waals surface area contributed by atoms with E-state index < -0.39 is 0 Å². The molecule has 0 aliphatic heterocycles. The Hall–Kier alpha value is -0.830. The summed E-state index contributed by atoms with van der Waals surface area (Å²) in [6.45, 7) is 5.22. The fraction of sp³-hybridized carbons (Fsp3) is 0.875. The molecule has 0 spiro atoms. The Morgan fingerprint density at radius 2 is 1.37 bits per heavy atom. The average molecular weight is 382 g/mol. The van der Waals surface area contributed by atoms with Crippen LogP contribution in [0.15, 0.2) is 12.2 Å². The van der Waals surface area contributed by atoms with E-state index in [-0.39, 0.29) is 12.1 Å². The van der Waals surface area contributed by atoms with Crippen LogP contribution in [0.25, 0.3) is 0 Å². The highest BCUT2D eigenvalue weighted by molar-refractivity contribution is 5.69. The van der Waals surface area contributed by atoms with Crippen molar-refractivity contribution in [2.24, 2.45) is 0 Å². The number of carbonyl (C=O) groups excluding carboxylic acids is 1. The molecular formula is C24H47NO2. The number of carbonyl (C=O) groups is 1. The molecule has 3 nitrogen and oxygen atoms in total. The molecule has 0 bridgehead atoms. The van der Waals surface area contributed by atoms with Gasteiger partial charge >= 0.3 is 5.97 Å². The molecule has 0 amide bonds. The van der Waals surface area contributed by atoms with Crippen molar-refractivity contribution in [3.8, 4) is 0 Å². The van der Waals surface area contributed by atoms with E-state index in [9.17, 15) is 4.79 Å². The smallest absolute Gasteiger partial charge is 0.306 e. The summed E-state index contributed by atoms with van der Waals surface area (Å²) in [7, 11) is 4.08. The van der Waals surface area contributed by atoms with E-state index >= 15 is 0 Å². The van der Waals surface area contributed by atoms with Crippen molar-refractivity contribution in [2.75, 3.05) is 20.6 Å². The Bertz CT molecular complexity index is 352. The SMILES string of the molecule is CCCCCCCC/C=C\CCCCCCCC(=O)OC(C)CCN(C)C. The average Bonchev–Trinajstić information content (AvgIpc) is 2.63. The van der Waals surface area contributed by atoms with Gasteiger partial charge in [0.1, 0.15) is 6.10 Å². The number of esters is 1. The zero-order valence-corrected chi connectivity index (χ0v) is 18.8. The highest BCUT2D eigenvalue weighted by atomic mass is 16.5. The summed E-state index contributed by atoms with van der Waals surface area (Å²) in [5, 5.41) is 0. The van der Waals surface area contributed by atoms with Crippen LogP contribution in [-0.4, -0.2) is 37.6 Å². The third kappa shape index (κ3) is 21.3. The lowest BCUT2D eigenvalue weighted by Crippen LogP contribution is -2.21. The van der Waals surface area contributed by atoms with Crippen LogP contribution in [0, 0.1) is 0 Å². The predicted octanol–water partition coefficient (Wildman–Crippen LogP) is 6.91. The molecule has 27 heavy (non-hydrogen) atoms. The van der Waals surface area contributed by atoms with E-state index in [1.807, 2.05) is 21.0 Å². The maximum absolute atomic E-state index is 11.8. The van der Waals surface area contributed by atoms with E-state index in [4.69, 9.17) is 4.74 Å². The first-order chi connectivity index (χ1) is 13.1. The number of hydrogen-bond acceptors (Lipinski definition) is 3. The summed E-state index contributed by atoms with van der Waals surface area (Å²) in [6.07, 6.45) is 22.9. The molecular weight excluding hydrogens is 334 g/mol. The number of nitrogens with zero attached hydrogens (tertiary/aromatic N) is 1. The molecule has 0 saturated carbocycles. The molecule has 0 rings (SSSR count). The highest BCUT2D eigenvalue weighted by Gasteiger charge is 2.09. The van der Waals surface area contributed by atoms with Crippen molar-refractivity contribution in [3.05, 3.63) is 12.2 Å². The maximum atomic E-state index is 11.8. The van der Waals surface area contributed by atoms with Crippen LogP contribution >= 0.6 is 0 Å². The van der Waals surface area contributed by atoms with Crippen molar-refractivity contribution in [1.82, 2.24) is 4.90 Å². The van der Waals surface area contributed by atoms with Crippen LogP contribution in [0.2, 0.25) is 0 Å². The fourth-order valence-corrected chi connectivity index (χ4v) is 3.12. The molecule has 0 saturated heterocycles. The lowest BCUT2D eigenvalue weighted by atomic mass is 10.1. The number of unbranched alkanes of at least 4 members (excludes halogenated alkanes) is 11. The summed E-state index contributed by atoms with van der Waals surface area (Å²) in [5.74, 6) is -0.0288. The topological polar surface area (TPSA) is 29.5 Å².